The summed E-state index contributed by atoms with van der Waals surface area (Å²) in [5.41, 5.74) is 3.71. The average Bonchev–Trinajstić information content (AvgIpc) is 3.32. The Bertz CT molecular complexity index is 1200. The SMILES string of the molecule is CC(=O)c1c(C)[nH]c(C(=O)CN2C(=O)N[C@H](Cc3c[nH]c4ccccc34)C2=O)c1C. The molecule has 154 valence electrons. The minimum atomic E-state index is -0.733. The van der Waals surface area contributed by atoms with Crippen LogP contribution in [0.4, 0.5) is 4.79 Å². The van der Waals surface area contributed by atoms with Gasteiger partial charge in [-0.25, -0.2) is 4.79 Å². The molecule has 0 spiro atoms. The fourth-order valence-corrected chi connectivity index (χ4v) is 4.16. The molecule has 8 heteroatoms. The van der Waals surface area contributed by atoms with Crippen LogP contribution in [-0.4, -0.2) is 51.0 Å². The zero-order chi connectivity index (χ0) is 21.6. The number of aromatic amines is 2. The van der Waals surface area contributed by atoms with Crippen LogP contribution in [-0.2, 0) is 11.2 Å². The number of para-hydroxylation sites is 1. The van der Waals surface area contributed by atoms with E-state index in [2.05, 4.69) is 15.3 Å². The minimum Gasteiger partial charge on any atom is -0.361 e. The van der Waals surface area contributed by atoms with Gasteiger partial charge in [-0.1, -0.05) is 18.2 Å². The van der Waals surface area contributed by atoms with Crippen molar-refractivity contribution in [2.45, 2.75) is 33.2 Å². The van der Waals surface area contributed by atoms with E-state index in [9.17, 15) is 19.2 Å². The summed E-state index contributed by atoms with van der Waals surface area (Å²) in [6, 6.07) is 6.40. The molecule has 0 aliphatic carbocycles. The maximum absolute atomic E-state index is 12.8. The summed E-state index contributed by atoms with van der Waals surface area (Å²) in [4.78, 5) is 56.8. The summed E-state index contributed by atoms with van der Waals surface area (Å²) in [6.45, 7) is 4.45. The number of fused-ring (bicyclic) bond motifs is 1. The molecule has 1 fully saturated rings. The number of nitrogens with zero attached hydrogens (tertiary/aromatic N) is 1. The Kier molecular flexibility index (Phi) is 4.77. The van der Waals surface area contributed by atoms with E-state index in [-0.39, 0.29) is 18.0 Å². The van der Waals surface area contributed by atoms with E-state index < -0.39 is 23.8 Å². The summed E-state index contributed by atoms with van der Waals surface area (Å²) < 4.78 is 0. The zero-order valence-corrected chi connectivity index (χ0v) is 17.0. The van der Waals surface area contributed by atoms with E-state index in [1.807, 2.05) is 30.5 Å². The molecule has 3 N–H and O–H groups in total. The Morgan fingerprint density at radius 1 is 1.13 bits per heavy atom. The first kappa shape index (κ1) is 19.6. The summed E-state index contributed by atoms with van der Waals surface area (Å²) in [6.07, 6.45) is 2.15. The molecule has 3 aromatic rings. The highest BCUT2D eigenvalue weighted by Crippen LogP contribution is 2.22. The fraction of sp³-hybridized carbons (Fsp3) is 0.273. The summed E-state index contributed by atoms with van der Waals surface area (Å²) >= 11 is 0. The highest BCUT2D eigenvalue weighted by atomic mass is 16.2. The molecule has 1 aliphatic heterocycles. The standard InChI is InChI=1S/C22H22N4O4/c1-11-19(13(3)27)12(2)24-20(11)18(28)10-26-21(29)17(25-22(26)30)8-14-9-23-16-7-5-4-6-15(14)16/h4-7,9,17,23-24H,8,10H2,1-3H3,(H,25,30)/t17-/m1/s1. The Hall–Kier alpha value is -3.68. The zero-order valence-electron chi connectivity index (χ0n) is 17.0. The number of amides is 3. The fourth-order valence-electron chi connectivity index (χ4n) is 4.16. The third kappa shape index (κ3) is 3.20. The van der Waals surface area contributed by atoms with E-state index in [4.69, 9.17) is 0 Å². The molecule has 2 aromatic heterocycles. The molecule has 0 radical (unpaired) electrons. The van der Waals surface area contributed by atoms with Gasteiger partial charge in [-0.2, -0.15) is 0 Å². The molecular formula is C22H22N4O4. The molecule has 0 bridgehead atoms. The summed E-state index contributed by atoms with van der Waals surface area (Å²) in [5, 5.41) is 3.66. The molecule has 4 rings (SSSR count). The number of Topliss-reactive ketones (excluding diaryl/α,β-unsaturated/α-hetero) is 2. The first-order chi connectivity index (χ1) is 14.3. The largest absolute Gasteiger partial charge is 0.361 e. The van der Waals surface area contributed by atoms with Gasteiger partial charge >= 0.3 is 6.03 Å². The quantitative estimate of drug-likeness (QED) is 0.431. The van der Waals surface area contributed by atoms with E-state index in [0.717, 1.165) is 21.4 Å². The maximum atomic E-state index is 12.8. The van der Waals surface area contributed by atoms with Gasteiger partial charge in [-0.3, -0.25) is 19.3 Å². The normalized spacial score (nSPS) is 16.4. The van der Waals surface area contributed by atoms with Crippen LogP contribution in [0.1, 0.15) is 44.6 Å². The summed E-state index contributed by atoms with van der Waals surface area (Å²) in [7, 11) is 0. The molecule has 0 saturated carbocycles. The van der Waals surface area contributed by atoms with Crippen molar-refractivity contribution >= 4 is 34.4 Å². The van der Waals surface area contributed by atoms with Crippen LogP contribution in [0.15, 0.2) is 30.5 Å². The molecule has 0 unspecified atom stereocenters. The van der Waals surface area contributed by atoms with Crippen molar-refractivity contribution in [3.05, 3.63) is 58.5 Å². The van der Waals surface area contributed by atoms with Crippen LogP contribution >= 0.6 is 0 Å². The first-order valence-electron chi connectivity index (χ1n) is 9.68. The van der Waals surface area contributed by atoms with Crippen molar-refractivity contribution in [3.63, 3.8) is 0 Å². The predicted molar refractivity (Wildman–Crippen MR) is 111 cm³/mol. The third-order valence-electron chi connectivity index (χ3n) is 5.58. The van der Waals surface area contributed by atoms with Gasteiger partial charge in [0.25, 0.3) is 5.91 Å². The number of carbonyl (C=O) groups is 4. The van der Waals surface area contributed by atoms with Crippen molar-refractivity contribution in [3.8, 4) is 0 Å². The molecule has 1 aliphatic rings. The van der Waals surface area contributed by atoms with Gasteiger partial charge in [0, 0.05) is 34.8 Å². The van der Waals surface area contributed by atoms with E-state index in [1.165, 1.54) is 6.92 Å². The second-order valence-corrected chi connectivity index (χ2v) is 7.59. The Balaban J connectivity index is 1.51. The van der Waals surface area contributed by atoms with Crippen LogP contribution in [0.2, 0.25) is 0 Å². The van der Waals surface area contributed by atoms with Crippen LogP contribution in [0.3, 0.4) is 0 Å². The number of aryl methyl sites for hydroxylation is 1. The smallest absolute Gasteiger partial charge is 0.325 e. The second-order valence-electron chi connectivity index (χ2n) is 7.59. The molecule has 8 nitrogen and oxygen atoms in total. The lowest BCUT2D eigenvalue weighted by molar-refractivity contribution is -0.127. The first-order valence-corrected chi connectivity index (χ1v) is 9.68. The van der Waals surface area contributed by atoms with Crippen LogP contribution in [0.5, 0.6) is 0 Å². The van der Waals surface area contributed by atoms with Crippen LogP contribution < -0.4 is 5.32 Å². The number of H-pyrrole nitrogens is 2. The highest BCUT2D eigenvalue weighted by Gasteiger charge is 2.39. The summed E-state index contributed by atoms with van der Waals surface area (Å²) in [5.74, 6) is -1.00. The second kappa shape index (κ2) is 7.29. The van der Waals surface area contributed by atoms with Crippen LogP contribution in [0.25, 0.3) is 10.9 Å². The van der Waals surface area contributed by atoms with Gasteiger partial charge in [0.1, 0.15) is 6.04 Å². The molecule has 3 amide bonds. The van der Waals surface area contributed by atoms with Gasteiger partial charge in [-0.05, 0) is 38.0 Å². The number of ketones is 2. The van der Waals surface area contributed by atoms with Crippen molar-refractivity contribution in [1.82, 2.24) is 20.2 Å². The average molecular weight is 406 g/mol. The van der Waals surface area contributed by atoms with Gasteiger partial charge in [-0.15, -0.1) is 0 Å². The number of hydrogen-bond donors (Lipinski definition) is 3. The van der Waals surface area contributed by atoms with E-state index in [1.54, 1.807) is 13.8 Å². The highest BCUT2D eigenvalue weighted by molar-refractivity contribution is 6.10. The molecule has 1 aromatic carbocycles. The van der Waals surface area contributed by atoms with Crippen molar-refractivity contribution in [1.29, 1.82) is 0 Å². The Labute approximate surface area is 172 Å². The van der Waals surface area contributed by atoms with Crippen molar-refractivity contribution in [2.75, 3.05) is 6.54 Å². The van der Waals surface area contributed by atoms with Crippen LogP contribution in [0, 0.1) is 13.8 Å². The lowest BCUT2D eigenvalue weighted by Crippen LogP contribution is -2.36. The monoisotopic (exact) mass is 406 g/mol. The number of nitrogens with one attached hydrogen (secondary N) is 3. The Morgan fingerprint density at radius 2 is 1.87 bits per heavy atom. The lowest BCUT2D eigenvalue weighted by atomic mass is 10.0. The van der Waals surface area contributed by atoms with Crippen molar-refractivity contribution in [2.24, 2.45) is 0 Å². The number of urea groups is 1. The van der Waals surface area contributed by atoms with Gasteiger partial charge in [0.2, 0.25) is 0 Å². The van der Waals surface area contributed by atoms with E-state index >= 15 is 0 Å². The molecule has 1 atom stereocenters. The number of carbonyl (C=O) groups excluding carboxylic acids is 4. The van der Waals surface area contributed by atoms with Gasteiger partial charge < -0.3 is 15.3 Å². The number of imide groups is 1. The Morgan fingerprint density at radius 3 is 2.57 bits per heavy atom. The van der Waals surface area contributed by atoms with E-state index in [0.29, 0.717) is 23.2 Å². The lowest BCUT2D eigenvalue weighted by Gasteiger charge is -2.12. The molecule has 1 saturated heterocycles. The minimum absolute atomic E-state index is 0.144. The van der Waals surface area contributed by atoms with Gasteiger partial charge in [0.05, 0.1) is 12.2 Å². The number of hydrogen-bond acceptors (Lipinski definition) is 4. The van der Waals surface area contributed by atoms with Gasteiger partial charge in [0.15, 0.2) is 11.6 Å². The third-order valence-corrected chi connectivity index (χ3v) is 5.58. The maximum Gasteiger partial charge on any atom is 0.325 e. The van der Waals surface area contributed by atoms with Crippen molar-refractivity contribution < 1.29 is 19.2 Å². The predicted octanol–water partition coefficient (Wildman–Crippen LogP) is 2.66. The number of benzene rings is 1. The molecule has 3 heterocycles. The number of aromatic nitrogens is 2. The molecular weight excluding hydrogens is 384 g/mol. The topological polar surface area (TPSA) is 115 Å². The molecule has 30 heavy (non-hydrogen) atoms. The number of rotatable bonds is 6.